The number of benzene rings is 2. The van der Waals surface area contributed by atoms with Crippen molar-refractivity contribution < 1.29 is 13.2 Å². The molecule has 0 fully saturated rings. The maximum Gasteiger partial charge on any atom is 0.242 e. The summed E-state index contributed by atoms with van der Waals surface area (Å²) in [4.78, 5) is 12.7. The molecule has 1 amide bonds. The van der Waals surface area contributed by atoms with Gasteiger partial charge in [-0.15, -0.1) is 0 Å². The highest BCUT2D eigenvalue weighted by Crippen LogP contribution is 2.22. The summed E-state index contributed by atoms with van der Waals surface area (Å²) < 4.78 is 28.1. The number of carbonyl (C=O) groups excluding carboxylic acids is 1. The van der Waals surface area contributed by atoms with E-state index in [4.69, 9.17) is 0 Å². The fourth-order valence-electron chi connectivity index (χ4n) is 3.06. The maximum absolute atomic E-state index is 12.8. The zero-order chi connectivity index (χ0) is 19.6. The second kappa shape index (κ2) is 7.60. The lowest BCUT2D eigenvalue weighted by Gasteiger charge is -2.18. The Balaban J connectivity index is 2.22. The van der Waals surface area contributed by atoms with Crippen molar-refractivity contribution in [2.75, 3.05) is 5.32 Å². The molecule has 0 aliphatic heterocycles. The molecule has 2 aromatic rings. The monoisotopic (exact) mass is 374 g/mol. The first-order valence-electron chi connectivity index (χ1n) is 8.50. The molecule has 2 N–H and O–H groups in total. The van der Waals surface area contributed by atoms with E-state index in [0.29, 0.717) is 16.8 Å². The Morgan fingerprint density at radius 2 is 1.54 bits per heavy atom. The van der Waals surface area contributed by atoms with Gasteiger partial charge in [0.1, 0.15) is 0 Å². The average molecular weight is 375 g/mol. The number of hydrogen-bond acceptors (Lipinski definition) is 3. The van der Waals surface area contributed by atoms with E-state index in [1.807, 2.05) is 45.0 Å². The number of carbonyl (C=O) groups is 1. The van der Waals surface area contributed by atoms with Crippen LogP contribution >= 0.6 is 0 Å². The Kier molecular flexibility index (Phi) is 5.88. The van der Waals surface area contributed by atoms with Crippen molar-refractivity contribution in [1.82, 2.24) is 4.72 Å². The highest BCUT2D eigenvalue weighted by molar-refractivity contribution is 7.89. The summed E-state index contributed by atoms with van der Waals surface area (Å²) >= 11 is 0. The van der Waals surface area contributed by atoms with Crippen LogP contribution in [0.5, 0.6) is 0 Å². The third-order valence-corrected chi connectivity index (χ3v) is 6.31. The van der Waals surface area contributed by atoms with Crippen LogP contribution in [0.1, 0.15) is 34.7 Å². The van der Waals surface area contributed by atoms with Gasteiger partial charge < -0.3 is 5.32 Å². The van der Waals surface area contributed by atoms with Crippen LogP contribution in [0.2, 0.25) is 0 Å². The van der Waals surface area contributed by atoms with Crippen LogP contribution in [0.25, 0.3) is 0 Å². The molecule has 0 aromatic heterocycles. The van der Waals surface area contributed by atoms with Crippen molar-refractivity contribution in [3.63, 3.8) is 0 Å². The van der Waals surface area contributed by atoms with Crippen molar-refractivity contribution in [3.8, 4) is 0 Å². The Bertz CT molecular complexity index is 927. The summed E-state index contributed by atoms with van der Waals surface area (Å²) in [6.45, 7) is 10.9. The number of sulfonamides is 1. The molecule has 5 nitrogen and oxygen atoms in total. The standard InChI is InChI=1S/C20H26N2O3S/c1-12-10-14(3)19(15(4)11-12)26(24,25)22-17(6)20(23)21-18-9-7-8-13(2)16(18)5/h7-11,17,22H,1-6H3,(H,21,23). The second-order valence-electron chi connectivity index (χ2n) is 6.81. The molecule has 6 heteroatoms. The zero-order valence-corrected chi connectivity index (χ0v) is 16.9. The van der Waals surface area contributed by atoms with Gasteiger partial charge in [0.2, 0.25) is 15.9 Å². The van der Waals surface area contributed by atoms with Crippen LogP contribution < -0.4 is 10.0 Å². The molecule has 26 heavy (non-hydrogen) atoms. The molecule has 0 saturated carbocycles. The smallest absolute Gasteiger partial charge is 0.242 e. The first-order chi connectivity index (χ1) is 12.0. The Hall–Kier alpha value is -2.18. The van der Waals surface area contributed by atoms with Gasteiger partial charge in [0, 0.05) is 5.69 Å². The van der Waals surface area contributed by atoms with Crippen molar-refractivity contribution in [2.45, 2.75) is 52.5 Å². The summed E-state index contributed by atoms with van der Waals surface area (Å²) in [6.07, 6.45) is 0. The lowest BCUT2D eigenvalue weighted by molar-refractivity contribution is -0.117. The summed E-state index contributed by atoms with van der Waals surface area (Å²) in [5.74, 6) is -0.398. The molecule has 1 unspecified atom stereocenters. The third kappa shape index (κ3) is 4.31. The van der Waals surface area contributed by atoms with Gasteiger partial charge in [-0.1, -0.05) is 29.8 Å². The molecule has 2 rings (SSSR count). The molecule has 0 aliphatic carbocycles. The minimum absolute atomic E-state index is 0.231. The first kappa shape index (κ1) is 20.1. The largest absolute Gasteiger partial charge is 0.324 e. The molecule has 0 spiro atoms. The average Bonchev–Trinajstić information content (AvgIpc) is 2.49. The fraction of sp³-hybridized carbons (Fsp3) is 0.350. The maximum atomic E-state index is 12.8. The minimum atomic E-state index is -3.80. The van der Waals surface area contributed by atoms with E-state index in [9.17, 15) is 13.2 Å². The normalized spacial score (nSPS) is 12.7. The minimum Gasteiger partial charge on any atom is -0.324 e. The van der Waals surface area contributed by atoms with Gasteiger partial charge in [0.25, 0.3) is 0 Å². The lowest BCUT2D eigenvalue weighted by Crippen LogP contribution is -2.42. The van der Waals surface area contributed by atoms with E-state index in [0.717, 1.165) is 16.7 Å². The van der Waals surface area contributed by atoms with Gasteiger partial charge >= 0.3 is 0 Å². The third-order valence-electron chi connectivity index (χ3n) is 4.46. The van der Waals surface area contributed by atoms with E-state index in [-0.39, 0.29) is 4.90 Å². The molecular formula is C20H26N2O3S. The second-order valence-corrected chi connectivity index (χ2v) is 8.46. The van der Waals surface area contributed by atoms with E-state index in [1.165, 1.54) is 6.92 Å². The molecule has 0 radical (unpaired) electrons. The van der Waals surface area contributed by atoms with Gasteiger partial charge in [-0.25, -0.2) is 8.42 Å². The Morgan fingerprint density at radius 3 is 2.12 bits per heavy atom. The van der Waals surface area contributed by atoms with Crippen LogP contribution in [-0.4, -0.2) is 20.4 Å². The molecule has 0 bridgehead atoms. The van der Waals surface area contributed by atoms with Gasteiger partial charge in [-0.2, -0.15) is 4.72 Å². The number of nitrogens with one attached hydrogen (secondary N) is 2. The predicted octanol–water partition coefficient (Wildman–Crippen LogP) is 3.53. The molecule has 0 aliphatic rings. The van der Waals surface area contributed by atoms with E-state index >= 15 is 0 Å². The van der Waals surface area contributed by atoms with Gasteiger partial charge in [-0.3, -0.25) is 4.79 Å². The van der Waals surface area contributed by atoms with Crippen LogP contribution in [0.4, 0.5) is 5.69 Å². The fourth-order valence-corrected chi connectivity index (χ4v) is 4.72. The molecule has 2 aromatic carbocycles. The molecule has 0 saturated heterocycles. The zero-order valence-electron chi connectivity index (χ0n) is 16.1. The number of rotatable bonds is 5. The van der Waals surface area contributed by atoms with Crippen LogP contribution in [-0.2, 0) is 14.8 Å². The SMILES string of the molecule is Cc1cc(C)c(S(=O)(=O)NC(C)C(=O)Nc2cccc(C)c2C)c(C)c1. The predicted molar refractivity (Wildman–Crippen MR) is 105 cm³/mol. The number of amides is 1. The van der Waals surface area contributed by atoms with Gasteiger partial charge in [0.15, 0.2) is 0 Å². The van der Waals surface area contributed by atoms with Gasteiger partial charge in [0.05, 0.1) is 10.9 Å². The van der Waals surface area contributed by atoms with E-state index in [1.54, 1.807) is 19.9 Å². The number of anilines is 1. The number of hydrogen-bond donors (Lipinski definition) is 2. The molecular weight excluding hydrogens is 348 g/mol. The summed E-state index contributed by atoms with van der Waals surface area (Å²) in [6, 6.07) is 8.35. The van der Waals surface area contributed by atoms with Gasteiger partial charge in [-0.05, 0) is 69.9 Å². The first-order valence-corrected chi connectivity index (χ1v) is 9.98. The van der Waals surface area contributed by atoms with Crippen LogP contribution in [0, 0.1) is 34.6 Å². The van der Waals surface area contributed by atoms with E-state index in [2.05, 4.69) is 10.0 Å². The molecule has 0 heterocycles. The molecule has 1 atom stereocenters. The Morgan fingerprint density at radius 1 is 0.962 bits per heavy atom. The number of aryl methyl sites for hydroxylation is 4. The topological polar surface area (TPSA) is 75.3 Å². The summed E-state index contributed by atoms with van der Waals surface area (Å²) in [5, 5.41) is 2.80. The highest BCUT2D eigenvalue weighted by Gasteiger charge is 2.25. The van der Waals surface area contributed by atoms with Crippen molar-refractivity contribution in [1.29, 1.82) is 0 Å². The quantitative estimate of drug-likeness (QED) is 0.841. The van der Waals surface area contributed by atoms with E-state index < -0.39 is 22.0 Å². The summed E-state index contributed by atoms with van der Waals surface area (Å²) in [5.41, 5.74) is 5.03. The highest BCUT2D eigenvalue weighted by atomic mass is 32.2. The lowest BCUT2D eigenvalue weighted by atomic mass is 10.1. The van der Waals surface area contributed by atoms with Crippen LogP contribution in [0.15, 0.2) is 35.2 Å². The summed E-state index contributed by atoms with van der Waals surface area (Å²) in [7, 11) is -3.80. The van der Waals surface area contributed by atoms with Crippen molar-refractivity contribution in [2.24, 2.45) is 0 Å². The molecule has 140 valence electrons. The van der Waals surface area contributed by atoms with Crippen LogP contribution in [0.3, 0.4) is 0 Å². The van der Waals surface area contributed by atoms with Crippen molar-refractivity contribution >= 4 is 21.6 Å². The van der Waals surface area contributed by atoms with Crippen molar-refractivity contribution in [3.05, 3.63) is 58.1 Å². The Labute approximate surface area is 155 Å².